The Morgan fingerprint density at radius 1 is 1.00 bits per heavy atom. The van der Waals surface area contributed by atoms with Crippen LogP contribution in [0.4, 0.5) is 0 Å². The largest absolute Gasteiger partial charge is 0.493 e. The maximum atomic E-state index is 10.7. The van der Waals surface area contributed by atoms with Crippen molar-refractivity contribution in [2.75, 3.05) is 20.3 Å². The van der Waals surface area contributed by atoms with Gasteiger partial charge in [0.2, 0.25) is 5.88 Å². The predicted octanol–water partition coefficient (Wildman–Crippen LogP) is 5.37. The van der Waals surface area contributed by atoms with Gasteiger partial charge in [-0.05, 0) is 58.4 Å². The molecule has 0 aliphatic rings. The fourth-order valence-electron chi connectivity index (χ4n) is 3.87. The highest BCUT2D eigenvalue weighted by molar-refractivity contribution is 5.47. The van der Waals surface area contributed by atoms with E-state index >= 15 is 0 Å². The first kappa shape index (κ1) is 26.7. The van der Waals surface area contributed by atoms with Crippen LogP contribution in [0.25, 0.3) is 5.69 Å². The maximum Gasteiger partial charge on any atom is 0.227 e. The zero-order valence-electron chi connectivity index (χ0n) is 21.8. The summed E-state index contributed by atoms with van der Waals surface area (Å²) in [5.74, 6) is 1.91. The molecule has 2 atom stereocenters. The Balaban J connectivity index is 1.99. The second kappa shape index (κ2) is 12.7. The molecule has 0 amide bonds. The standard InChI is InChI=1S/C28H39N3O4/c1-7-21(4)30(17-24(32)19-34-20(2)3)18-25-22(5)29-31(23-13-9-8-10-14-23)28(25)35-27-16-12-11-15-26(27)33-6/h8-16,20-21,24,32H,7,17-19H2,1-6H3. The van der Waals surface area contributed by atoms with Crippen LogP contribution in [0.5, 0.6) is 17.4 Å². The van der Waals surface area contributed by atoms with Crippen LogP contribution >= 0.6 is 0 Å². The Kier molecular flexibility index (Phi) is 9.72. The van der Waals surface area contributed by atoms with E-state index in [1.165, 1.54) is 0 Å². The molecule has 3 rings (SSSR count). The highest BCUT2D eigenvalue weighted by Gasteiger charge is 2.25. The molecule has 7 nitrogen and oxygen atoms in total. The Labute approximate surface area is 209 Å². The lowest BCUT2D eigenvalue weighted by Crippen LogP contribution is -2.40. The Bertz CT molecular complexity index is 1050. The van der Waals surface area contributed by atoms with Crippen molar-refractivity contribution in [3.8, 4) is 23.1 Å². The van der Waals surface area contributed by atoms with Crippen molar-refractivity contribution in [3.63, 3.8) is 0 Å². The topological polar surface area (TPSA) is 69.0 Å². The van der Waals surface area contributed by atoms with Gasteiger partial charge in [0.1, 0.15) is 0 Å². The van der Waals surface area contributed by atoms with Crippen molar-refractivity contribution in [2.45, 2.75) is 65.8 Å². The minimum atomic E-state index is -0.588. The molecule has 2 unspecified atom stereocenters. The number of methoxy groups -OCH3 is 1. The van der Waals surface area contributed by atoms with Crippen LogP contribution < -0.4 is 9.47 Å². The van der Waals surface area contributed by atoms with Gasteiger partial charge in [-0.2, -0.15) is 5.10 Å². The first-order valence-corrected chi connectivity index (χ1v) is 12.3. The first-order valence-electron chi connectivity index (χ1n) is 12.3. The highest BCUT2D eigenvalue weighted by atomic mass is 16.5. The number of nitrogens with zero attached hydrogens (tertiary/aromatic N) is 3. The number of hydrogen-bond acceptors (Lipinski definition) is 6. The summed E-state index contributed by atoms with van der Waals surface area (Å²) in [7, 11) is 1.63. The lowest BCUT2D eigenvalue weighted by molar-refractivity contribution is -0.0150. The van der Waals surface area contributed by atoms with E-state index in [0.29, 0.717) is 37.1 Å². The van der Waals surface area contributed by atoms with Crippen LogP contribution in [0.2, 0.25) is 0 Å². The molecule has 1 aromatic heterocycles. The normalized spacial score (nSPS) is 13.3. The lowest BCUT2D eigenvalue weighted by Gasteiger charge is -2.30. The number of rotatable bonds is 13. The molecule has 35 heavy (non-hydrogen) atoms. The van der Waals surface area contributed by atoms with Gasteiger partial charge < -0.3 is 19.3 Å². The molecule has 0 fully saturated rings. The third-order valence-electron chi connectivity index (χ3n) is 6.06. The molecule has 0 bridgehead atoms. The van der Waals surface area contributed by atoms with Gasteiger partial charge in [-0.15, -0.1) is 0 Å². The van der Waals surface area contributed by atoms with Crippen LogP contribution in [0.15, 0.2) is 54.6 Å². The van der Waals surface area contributed by atoms with Crippen molar-refractivity contribution < 1.29 is 19.3 Å². The monoisotopic (exact) mass is 481 g/mol. The number of ether oxygens (including phenoxy) is 3. The van der Waals surface area contributed by atoms with E-state index in [2.05, 4.69) is 18.7 Å². The van der Waals surface area contributed by atoms with Gasteiger partial charge in [0.25, 0.3) is 0 Å². The third kappa shape index (κ3) is 7.07. The lowest BCUT2D eigenvalue weighted by atomic mass is 10.1. The summed E-state index contributed by atoms with van der Waals surface area (Å²) in [5, 5.41) is 15.5. The average molecular weight is 482 g/mol. The summed E-state index contributed by atoms with van der Waals surface area (Å²) in [6.45, 7) is 11.6. The van der Waals surface area contributed by atoms with Gasteiger partial charge in [0.05, 0.1) is 42.9 Å². The third-order valence-corrected chi connectivity index (χ3v) is 6.06. The number of para-hydroxylation sites is 3. The van der Waals surface area contributed by atoms with Crippen molar-refractivity contribution >= 4 is 0 Å². The molecule has 0 radical (unpaired) electrons. The predicted molar refractivity (Wildman–Crippen MR) is 139 cm³/mol. The molecule has 2 aromatic carbocycles. The fourth-order valence-corrected chi connectivity index (χ4v) is 3.87. The molecular weight excluding hydrogens is 442 g/mol. The van der Waals surface area contributed by atoms with E-state index in [4.69, 9.17) is 19.3 Å². The van der Waals surface area contributed by atoms with E-state index in [-0.39, 0.29) is 12.1 Å². The molecule has 190 valence electrons. The zero-order chi connectivity index (χ0) is 25.4. The molecule has 0 saturated carbocycles. The van der Waals surface area contributed by atoms with Gasteiger partial charge in [0, 0.05) is 19.1 Å². The van der Waals surface area contributed by atoms with Crippen LogP contribution in [0.3, 0.4) is 0 Å². The molecule has 0 saturated heterocycles. The van der Waals surface area contributed by atoms with Gasteiger partial charge in [-0.3, -0.25) is 4.90 Å². The molecule has 0 aliphatic heterocycles. The summed E-state index contributed by atoms with van der Waals surface area (Å²) in [5.41, 5.74) is 2.75. The minimum absolute atomic E-state index is 0.0777. The number of aliphatic hydroxyl groups excluding tert-OH is 1. The molecule has 3 aromatic rings. The minimum Gasteiger partial charge on any atom is -0.493 e. The van der Waals surface area contributed by atoms with Gasteiger partial charge >= 0.3 is 0 Å². The number of aryl methyl sites for hydroxylation is 1. The number of hydrogen-bond donors (Lipinski definition) is 1. The molecule has 7 heteroatoms. The van der Waals surface area contributed by atoms with Crippen LogP contribution in [-0.4, -0.2) is 58.3 Å². The average Bonchev–Trinajstić information content (AvgIpc) is 3.17. The Morgan fingerprint density at radius 3 is 2.29 bits per heavy atom. The van der Waals surface area contributed by atoms with Crippen molar-refractivity contribution in [2.24, 2.45) is 0 Å². The maximum absolute atomic E-state index is 10.7. The fraction of sp³-hybridized carbons (Fsp3) is 0.464. The van der Waals surface area contributed by atoms with Crippen LogP contribution in [-0.2, 0) is 11.3 Å². The Hall–Kier alpha value is -2.87. The van der Waals surface area contributed by atoms with Crippen molar-refractivity contribution in [1.82, 2.24) is 14.7 Å². The number of aromatic nitrogens is 2. The van der Waals surface area contributed by atoms with E-state index in [1.807, 2.05) is 80.1 Å². The van der Waals surface area contributed by atoms with Gasteiger partial charge in [0.15, 0.2) is 11.5 Å². The quantitative estimate of drug-likeness (QED) is 0.354. The number of benzene rings is 2. The summed E-state index contributed by atoms with van der Waals surface area (Å²) in [6, 6.07) is 17.8. The van der Waals surface area contributed by atoms with E-state index < -0.39 is 6.10 Å². The highest BCUT2D eigenvalue weighted by Crippen LogP contribution is 2.36. The first-order chi connectivity index (χ1) is 16.8. The summed E-state index contributed by atoms with van der Waals surface area (Å²) >= 11 is 0. The molecule has 0 spiro atoms. The Morgan fingerprint density at radius 2 is 1.66 bits per heavy atom. The molecule has 0 aliphatic carbocycles. The van der Waals surface area contributed by atoms with Crippen LogP contribution in [0.1, 0.15) is 45.4 Å². The second-order valence-electron chi connectivity index (χ2n) is 9.09. The molecule has 1 N–H and O–H groups in total. The summed E-state index contributed by atoms with van der Waals surface area (Å²) in [6.07, 6.45) is 0.440. The van der Waals surface area contributed by atoms with E-state index in [1.54, 1.807) is 7.11 Å². The van der Waals surface area contributed by atoms with Crippen LogP contribution in [0, 0.1) is 6.92 Å². The number of aliphatic hydroxyl groups is 1. The van der Waals surface area contributed by atoms with Crippen molar-refractivity contribution in [1.29, 1.82) is 0 Å². The molecule has 1 heterocycles. The summed E-state index contributed by atoms with van der Waals surface area (Å²) in [4.78, 5) is 2.27. The smallest absolute Gasteiger partial charge is 0.227 e. The second-order valence-corrected chi connectivity index (χ2v) is 9.09. The van der Waals surface area contributed by atoms with Gasteiger partial charge in [-0.1, -0.05) is 37.3 Å². The zero-order valence-corrected chi connectivity index (χ0v) is 21.8. The van der Waals surface area contributed by atoms with Crippen molar-refractivity contribution in [3.05, 3.63) is 65.9 Å². The van der Waals surface area contributed by atoms with E-state index in [9.17, 15) is 5.11 Å². The van der Waals surface area contributed by atoms with Gasteiger partial charge in [-0.25, -0.2) is 4.68 Å². The SMILES string of the molecule is CCC(C)N(Cc1c(C)nn(-c2ccccc2)c1Oc1ccccc1OC)CC(O)COC(C)C. The summed E-state index contributed by atoms with van der Waals surface area (Å²) < 4.78 is 19.5. The van der Waals surface area contributed by atoms with E-state index in [0.717, 1.165) is 23.4 Å². The molecular formula is C28H39N3O4.